The van der Waals surface area contributed by atoms with Crippen LogP contribution in [0.5, 0.6) is 0 Å². The number of nitrogens with one attached hydrogen (secondary N) is 2. The molecule has 1 aliphatic rings. The van der Waals surface area contributed by atoms with Gasteiger partial charge in [0.05, 0.1) is 17.5 Å². The number of aryl methyl sites for hydroxylation is 2. The Bertz CT molecular complexity index is 936. The van der Waals surface area contributed by atoms with Crippen molar-refractivity contribution in [2.75, 3.05) is 6.54 Å². The average molecular weight is 361 g/mol. The van der Waals surface area contributed by atoms with Crippen molar-refractivity contribution in [3.8, 4) is 0 Å². The van der Waals surface area contributed by atoms with Crippen molar-refractivity contribution in [1.29, 1.82) is 0 Å². The smallest absolute Gasteiger partial charge is 0.254 e. The zero-order chi connectivity index (χ0) is 18.1. The number of hydrogen-bond acceptors (Lipinski definition) is 6. The lowest BCUT2D eigenvalue weighted by Crippen LogP contribution is -2.42. The molecular formula is C16H19N5O3S. The molecule has 2 N–H and O–H groups in total. The maximum atomic E-state index is 12.7. The number of aromatic nitrogens is 4. The molecule has 3 heterocycles. The van der Waals surface area contributed by atoms with Crippen LogP contribution in [0.2, 0.25) is 0 Å². The third-order valence-corrected chi connectivity index (χ3v) is 4.96. The highest BCUT2D eigenvalue weighted by Crippen LogP contribution is 2.23. The van der Waals surface area contributed by atoms with Gasteiger partial charge in [-0.2, -0.15) is 0 Å². The number of amides is 1. The number of rotatable bonds is 3. The van der Waals surface area contributed by atoms with Gasteiger partial charge in [0, 0.05) is 23.9 Å². The fourth-order valence-electron chi connectivity index (χ4n) is 2.83. The van der Waals surface area contributed by atoms with E-state index in [2.05, 4.69) is 19.9 Å². The molecule has 0 fully saturated rings. The molecule has 1 atom stereocenters. The summed E-state index contributed by atoms with van der Waals surface area (Å²) in [4.78, 5) is 51.8. The first-order valence-corrected chi connectivity index (χ1v) is 8.83. The molecule has 3 rings (SSSR count). The van der Waals surface area contributed by atoms with E-state index in [1.54, 1.807) is 25.7 Å². The Hall–Kier alpha value is -2.42. The van der Waals surface area contributed by atoms with Gasteiger partial charge < -0.3 is 14.9 Å². The van der Waals surface area contributed by atoms with Gasteiger partial charge in [-0.15, -0.1) is 0 Å². The minimum Gasteiger partial charge on any atom is -0.335 e. The van der Waals surface area contributed by atoms with E-state index in [0.717, 1.165) is 0 Å². The van der Waals surface area contributed by atoms with Crippen molar-refractivity contribution in [2.24, 2.45) is 0 Å². The summed E-state index contributed by atoms with van der Waals surface area (Å²) >= 11 is 1.22. The summed E-state index contributed by atoms with van der Waals surface area (Å²) in [6.07, 6.45) is 0.487. The summed E-state index contributed by atoms with van der Waals surface area (Å²) in [5.41, 5.74) is 1.55. The first-order chi connectivity index (χ1) is 11.8. The highest BCUT2D eigenvalue weighted by molar-refractivity contribution is 8.00. The Morgan fingerprint density at radius 2 is 2.04 bits per heavy atom. The van der Waals surface area contributed by atoms with Crippen molar-refractivity contribution in [3.63, 3.8) is 0 Å². The average Bonchev–Trinajstić information content (AvgIpc) is 2.52. The van der Waals surface area contributed by atoms with E-state index in [-0.39, 0.29) is 17.0 Å². The molecule has 0 aliphatic carbocycles. The minimum absolute atomic E-state index is 0.0699. The second-order valence-corrected chi connectivity index (χ2v) is 7.37. The van der Waals surface area contributed by atoms with Gasteiger partial charge in [-0.05, 0) is 27.2 Å². The summed E-state index contributed by atoms with van der Waals surface area (Å²) in [5, 5.41) is 0.0169. The van der Waals surface area contributed by atoms with Crippen LogP contribution < -0.4 is 11.1 Å². The fraction of sp³-hybridized carbons (Fsp3) is 0.438. The van der Waals surface area contributed by atoms with E-state index in [9.17, 15) is 14.4 Å². The highest BCUT2D eigenvalue weighted by Gasteiger charge is 2.28. The van der Waals surface area contributed by atoms with Gasteiger partial charge in [-0.3, -0.25) is 14.4 Å². The molecule has 1 aliphatic heterocycles. The van der Waals surface area contributed by atoms with Crippen molar-refractivity contribution >= 4 is 17.7 Å². The second kappa shape index (κ2) is 6.83. The largest absolute Gasteiger partial charge is 0.335 e. The van der Waals surface area contributed by atoms with Crippen LogP contribution in [0, 0.1) is 13.8 Å². The Labute approximate surface area is 148 Å². The van der Waals surface area contributed by atoms with Crippen molar-refractivity contribution in [3.05, 3.63) is 49.5 Å². The van der Waals surface area contributed by atoms with E-state index in [0.29, 0.717) is 47.4 Å². The third kappa shape index (κ3) is 3.81. The lowest BCUT2D eigenvalue weighted by molar-refractivity contribution is -0.131. The zero-order valence-corrected chi connectivity index (χ0v) is 15.1. The first kappa shape index (κ1) is 17.4. The molecule has 2 aromatic rings. The zero-order valence-electron chi connectivity index (χ0n) is 14.3. The molecule has 25 heavy (non-hydrogen) atoms. The molecular weight excluding hydrogens is 342 g/mol. The van der Waals surface area contributed by atoms with Gasteiger partial charge in [-0.1, -0.05) is 11.8 Å². The van der Waals surface area contributed by atoms with Gasteiger partial charge >= 0.3 is 0 Å². The second-order valence-electron chi connectivity index (χ2n) is 6.04. The maximum Gasteiger partial charge on any atom is 0.254 e. The number of aromatic amines is 2. The van der Waals surface area contributed by atoms with Gasteiger partial charge in [0.15, 0.2) is 5.16 Å². The van der Waals surface area contributed by atoms with Crippen molar-refractivity contribution in [2.45, 2.75) is 44.1 Å². The standard InChI is InChI=1S/C16H19N5O3S/c1-8-6-13(22)20-16(17-8)25-9(2)15(24)21-5-4-11-12(7-21)18-10(3)19-14(11)23/h6,9H,4-5,7H2,1-3H3,(H,17,20,22)(H,18,19,23). The maximum absolute atomic E-state index is 12.7. The molecule has 8 nitrogen and oxygen atoms in total. The highest BCUT2D eigenvalue weighted by atomic mass is 32.2. The van der Waals surface area contributed by atoms with E-state index in [4.69, 9.17) is 0 Å². The lowest BCUT2D eigenvalue weighted by Gasteiger charge is -2.29. The predicted molar refractivity (Wildman–Crippen MR) is 93.6 cm³/mol. The number of carbonyl (C=O) groups excluding carboxylic acids is 1. The molecule has 0 saturated carbocycles. The minimum atomic E-state index is -0.408. The monoisotopic (exact) mass is 361 g/mol. The van der Waals surface area contributed by atoms with E-state index >= 15 is 0 Å². The number of fused-ring (bicyclic) bond motifs is 1. The van der Waals surface area contributed by atoms with Crippen LogP contribution in [0.3, 0.4) is 0 Å². The molecule has 0 spiro atoms. The van der Waals surface area contributed by atoms with Crippen LogP contribution in [0.25, 0.3) is 0 Å². The number of hydrogen-bond donors (Lipinski definition) is 2. The number of H-pyrrole nitrogens is 2. The van der Waals surface area contributed by atoms with Crippen LogP contribution >= 0.6 is 11.8 Å². The molecule has 0 aromatic carbocycles. The van der Waals surface area contributed by atoms with Gasteiger partial charge in [0.2, 0.25) is 5.91 Å². The van der Waals surface area contributed by atoms with E-state index in [1.807, 2.05) is 0 Å². The van der Waals surface area contributed by atoms with Crippen molar-refractivity contribution in [1.82, 2.24) is 24.8 Å². The number of thioether (sulfide) groups is 1. The normalized spacial score (nSPS) is 14.9. The Balaban J connectivity index is 1.74. The van der Waals surface area contributed by atoms with Crippen LogP contribution in [0.1, 0.15) is 29.7 Å². The quantitative estimate of drug-likeness (QED) is 0.609. The summed E-state index contributed by atoms with van der Waals surface area (Å²) in [6.45, 7) is 6.03. The molecule has 9 heteroatoms. The third-order valence-electron chi connectivity index (χ3n) is 3.99. The number of nitrogens with zero attached hydrogens (tertiary/aromatic N) is 3. The van der Waals surface area contributed by atoms with Gasteiger partial charge in [-0.25, -0.2) is 9.97 Å². The summed E-state index contributed by atoms with van der Waals surface area (Å²) < 4.78 is 0. The molecule has 132 valence electrons. The lowest BCUT2D eigenvalue weighted by atomic mass is 10.1. The summed E-state index contributed by atoms with van der Waals surface area (Å²) in [7, 11) is 0. The molecule has 1 amide bonds. The Morgan fingerprint density at radius 3 is 2.76 bits per heavy atom. The van der Waals surface area contributed by atoms with Gasteiger partial charge in [0.25, 0.3) is 11.1 Å². The Morgan fingerprint density at radius 1 is 1.28 bits per heavy atom. The molecule has 0 saturated heterocycles. The molecule has 2 aromatic heterocycles. The summed E-state index contributed by atoms with van der Waals surface area (Å²) in [6, 6.07) is 1.41. The van der Waals surface area contributed by atoms with Crippen LogP contribution in [0.15, 0.2) is 20.8 Å². The topological polar surface area (TPSA) is 112 Å². The van der Waals surface area contributed by atoms with E-state index < -0.39 is 5.25 Å². The van der Waals surface area contributed by atoms with Crippen LogP contribution in [0.4, 0.5) is 0 Å². The van der Waals surface area contributed by atoms with Gasteiger partial charge in [0.1, 0.15) is 5.82 Å². The number of carbonyl (C=O) groups is 1. The first-order valence-electron chi connectivity index (χ1n) is 7.95. The molecule has 0 radical (unpaired) electrons. The SMILES string of the molecule is Cc1cc(=O)[nH]c(SC(C)C(=O)N2CCc3c(nc(C)[nH]c3=O)C2)n1. The van der Waals surface area contributed by atoms with Crippen LogP contribution in [-0.4, -0.2) is 42.5 Å². The van der Waals surface area contributed by atoms with Crippen LogP contribution in [-0.2, 0) is 17.8 Å². The fourth-order valence-corrected chi connectivity index (χ4v) is 3.78. The molecule has 0 bridgehead atoms. The molecule has 1 unspecified atom stereocenters. The summed E-state index contributed by atoms with van der Waals surface area (Å²) in [5.74, 6) is 0.474. The predicted octanol–water partition coefficient (Wildman–Crippen LogP) is 0.536. The van der Waals surface area contributed by atoms with Crippen molar-refractivity contribution < 1.29 is 4.79 Å². The van der Waals surface area contributed by atoms with E-state index in [1.165, 1.54) is 17.8 Å². The Kier molecular flexibility index (Phi) is 4.76.